The third kappa shape index (κ3) is 4.84. The highest BCUT2D eigenvalue weighted by atomic mass is 32.2. The van der Waals surface area contributed by atoms with Gasteiger partial charge in [0.05, 0.1) is 50.5 Å². The van der Waals surface area contributed by atoms with E-state index in [0.717, 1.165) is 23.1 Å². The fourth-order valence-corrected chi connectivity index (χ4v) is 6.06. The molecule has 7 nitrogen and oxygen atoms in total. The molecule has 0 saturated carbocycles. The summed E-state index contributed by atoms with van der Waals surface area (Å²) < 4.78 is 35.8. The molecule has 0 spiro atoms. The maximum absolute atomic E-state index is 13.8. The second-order valence-electron chi connectivity index (χ2n) is 8.14. The number of amides is 1. The van der Waals surface area contributed by atoms with Gasteiger partial charge in [0.2, 0.25) is 6.41 Å². The molecular weight excluding hydrogens is 466 g/mol. The van der Waals surface area contributed by atoms with E-state index in [0.29, 0.717) is 34.3 Å². The van der Waals surface area contributed by atoms with Gasteiger partial charge in [0.15, 0.2) is 23.0 Å². The number of ether oxygens (including phenoxy) is 4. The van der Waals surface area contributed by atoms with Crippen molar-refractivity contribution in [2.75, 3.05) is 35.0 Å². The summed E-state index contributed by atoms with van der Waals surface area (Å²) in [4.78, 5) is 14.8. The van der Waals surface area contributed by atoms with Crippen molar-refractivity contribution in [1.29, 1.82) is 0 Å². The van der Waals surface area contributed by atoms with Gasteiger partial charge in [0, 0.05) is 11.4 Å². The van der Waals surface area contributed by atoms with Crippen LogP contribution >= 0.6 is 0 Å². The van der Waals surface area contributed by atoms with Crippen molar-refractivity contribution in [2.45, 2.75) is 22.6 Å². The summed E-state index contributed by atoms with van der Waals surface area (Å²) in [6, 6.07) is 18.5. The summed E-state index contributed by atoms with van der Waals surface area (Å²) in [6.07, 6.45) is 1.34. The highest BCUT2D eigenvalue weighted by molar-refractivity contribution is 7.85. The third-order valence-corrected chi connectivity index (χ3v) is 8.00. The van der Waals surface area contributed by atoms with E-state index in [4.69, 9.17) is 18.9 Å². The molecule has 3 aromatic carbocycles. The molecule has 35 heavy (non-hydrogen) atoms. The quantitative estimate of drug-likeness (QED) is 0.433. The van der Waals surface area contributed by atoms with E-state index in [1.54, 1.807) is 33.3 Å². The van der Waals surface area contributed by atoms with Crippen molar-refractivity contribution in [1.82, 2.24) is 4.90 Å². The zero-order valence-electron chi connectivity index (χ0n) is 20.2. The van der Waals surface area contributed by atoms with Crippen LogP contribution in [0, 0.1) is 0 Å². The van der Waals surface area contributed by atoms with Crippen molar-refractivity contribution >= 4 is 17.2 Å². The van der Waals surface area contributed by atoms with E-state index in [-0.39, 0.29) is 12.6 Å². The molecule has 0 N–H and O–H groups in total. The predicted octanol–water partition coefficient (Wildman–Crippen LogP) is 4.33. The van der Waals surface area contributed by atoms with Gasteiger partial charge in [-0.15, -0.1) is 0 Å². The molecule has 1 aliphatic heterocycles. The lowest BCUT2D eigenvalue weighted by Gasteiger charge is -2.29. The largest absolute Gasteiger partial charge is 0.493 e. The Labute approximate surface area is 208 Å². The van der Waals surface area contributed by atoms with Crippen LogP contribution in [0.15, 0.2) is 65.6 Å². The standard InChI is InChI=1S/C27H29NO6S/c1-31-23-11-10-18(13-24(23)32-2)22-12-19-14-25(33-3)26(34-4)15-21(19)27(16-28(22)17-29)35(30)20-8-6-5-7-9-20/h5-11,13-15,17,22,27H,12,16H2,1-4H3. The van der Waals surface area contributed by atoms with Crippen LogP contribution in [-0.4, -0.2) is 50.5 Å². The van der Waals surface area contributed by atoms with Crippen LogP contribution in [0.5, 0.6) is 23.0 Å². The molecule has 0 fully saturated rings. The third-order valence-electron chi connectivity index (χ3n) is 6.34. The Kier molecular flexibility index (Phi) is 7.60. The zero-order valence-corrected chi connectivity index (χ0v) is 21.0. The molecule has 0 aromatic heterocycles. The smallest absolute Gasteiger partial charge is 0.210 e. The van der Waals surface area contributed by atoms with Crippen molar-refractivity contribution in [3.63, 3.8) is 0 Å². The second kappa shape index (κ2) is 10.8. The van der Waals surface area contributed by atoms with Gasteiger partial charge in [-0.25, -0.2) is 0 Å². The number of benzene rings is 3. The molecule has 0 saturated heterocycles. The fourth-order valence-electron chi connectivity index (χ4n) is 4.54. The highest BCUT2D eigenvalue weighted by Gasteiger charge is 2.35. The Morgan fingerprint density at radius 2 is 1.46 bits per heavy atom. The van der Waals surface area contributed by atoms with Gasteiger partial charge in [-0.3, -0.25) is 9.00 Å². The van der Waals surface area contributed by atoms with Crippen LogP contribution in [0.2, 0.25) is 0 Å². The average Bonchev–Trinajstić information content (AvgIpc) is 3.08. The summed E-state index contributed by atoms with van der Waals surface area (Å²) in [7, 11) is 4.92. The molecule has 8 heteroatoms. The number of carbonyl (C=O) groups excluding carboxylic acids is 1. The molecule has 0 bridgehead atoms. The van der Waals surface area contributed by atoms with Crippen LogP contribution in [-0.2, 0) is 22.0 Å². The molecule has 0 aliphatic carbocycles. The molecule has 3 atom stereocenters. The lowest BCUT2D eigenvalue weighted by Crippen LogP contribution is -2.31. The number of rotatable bonds is 8. The van der Waals surface area contributed by atoms with E-state index < -0.39 is 16.0 Å². The Morgan fingerprint density at radius 3 is 2.09 bits per heavy atom. The molecule has 0 radical (unpaired) electrons. The minimum atomic E-state index is -1.41. The number of methoxy groups -OCH3 is 4. The first-order valence-corrected chi connectivity index (χ1v) is 12.4. The summed E-state index contributed by atoms with van der Waals surface area (Å²) in [5, 5.41) is -0.456. The van der Waals surface area contributed by atoms with Crippen molar-refractivity contribution in [3.05, 3.63) is 77.4 Å². The van der Waals surface area contributed by atoms with Gasteiger partial charge in [-0.2, -0.15) is 0 Å². The topological polar surface area (TPSA) is 74.3 Å². The SMILES string of the molecule is COc1ccc(C2Cc3cc(OC)c(OC)cc3C(S(=O)c3ccccc3)CN2C=O)cc1OC. The number of carbonyl (C=O) groups is 1. The molecule has 3 unspecified atom stereocenters. The van der Waals surface area contributed by atoms with Gasteiger partial charge in [0.1, 0.15) is 0 Å². The van der Waals surface area contributed by atoms with Gasteiger partial charge in [-0.05, 0) is 59.5 Å². The van der Waals surface area contributed by atoms with Crippen molar-refractivity contribution in [3.8, 4) is 23.0 Å². The Balaban J connectivity index is 1.86. The molecule has 1 aliphatic rings. The number of nitrogens with zero attached hydrogens (tertiary/aromatic N) is 1. The van der Waals surface area contributed by atoms with Crippen molar-refractivity contribution < 1.29 is 28.0 Å². The first-order valence-electron chi connectivity index (χ1n) is 11.2. The minimum Gasteiger partial charge on any atom is -0.493 e. The summed E-state index contributed by atoms with van der Waals surface area (Å²) in [5.74, 6) is 2.33. The number of hydrogen-bond donors (Lipinski definition) is 0. The zero-order chi connectivity index (χ0) is 24.9. The van der Waals surface area contributed by atoms with Crippen LogP contribution in [0.4, 0.5) is 0 Å². The van der Waals surface area contributed by atoms with Crippen LogP contribution in [0.1, 0.15) is 28.0 Å². The molecule has 1 amide bonds. The maximum atomic E-state index is 13.8. The van der Waals surface area contributed by atoms with Crippen LogP contribution in [0.3, 0.4) is 0 Å². The Bertz CT molecular complexity index is 1220. The van der Waals surface area contributed by atoms with E-state index in [1.807, 2.05) is 60.7 Å². The van der Waals surface area contributed by atoms with E-state index >= 15 is 0 Å². The van der Waals surface area contributed by atoms with Gasteiger partial charge >= 0.3 is 0 Å². The maximum Gasteiger partial charge on any atom is 0.210 e. The van der Waals surface area contributed by atoms with Crippen LogP contribution < -0.4 is 18.9 Å². The molecular formula is C27H29NO6S. The van der Waals surface area contributed by atoms with Gasteiger partial charge < -0.3 is 23.8 Å². The summed E-state index contributed by atoms with van der Waals surface area (Å²) >= 11 is 0. The first kappa shape index (κ1) is 24.6. The number of hydrogen-bond acceptors (Lipinski definition) is 6. The van der Waals surface area contributed by atoms with Crippen molar-refractivity contribution in [2.24, 2.45) is 0 Å². The highest BCUT2D eigenvalue weighted by Crippen LogP contribution is 2.43. The van der Waals surface area contributed by atoms with E-state index in [2.05, 4.69) is 0 Å². The lowest BCUT2D eigenvalue weighted by atomic mass is 9.95. The Hall–Kier alpha value is -3.52. The lowest BCUT2D eigenvalue weighted by molar-refractivity contribution is -0.120. The Morgan fingerprint density at radius 1 is 0.829 bits per heavy atom. The second-order valence-corrected chi connectivity index (χ2v) is 9.78. The van der Waals surface area contributed by atoms with Crippen LogP contribution in [0.25, 0.3) is 0 Å². The van der Waals surface area contributed by atoms with E-state index in [9.17, 15) is 9.00 Å². The molecule has 184 valence electrons. The fraction of sp³-hybridized carbons (Fsp3) is 0.296. The van der Waals surface area contributed by atoms with Gasteiger partial charge in [0.25, 0.3) is 0 Å². The average molecular weight is 496 g/mol. The van der Waals surface area contributed by atoms with Gasteiger partial charge in [-0.1, -0.05) is 24.3 Å². The first-order chi connectivity index (χ1) is 17.0. The summed E-state index contributed by atoms with van der Waals surface area (Å²) in [5.41, 5.74) is 2.71. The molecule has 1 heterocycles. The molecule has 3 aromatic rings. The normalized spacial score (nSPS) is 18.1. The predicted molar refractivity (Wildman–Crippen MR) is 134 cm³/mol. The monoisotopic (exact) mass is 495 g/mol. The van der Waals surface area contributed by atoms with E-state index in [1.165, 1.54) is 0 Å². The summed E-state index contributed by atoms with van der Waals surface area (Å²) in [6.45, 7) is 0.270. The minimum absolute atomic E-state index is 0.270. The molecule has 4 rings (SSSR count). The number of fused-ring (bicyclic) bond motifs is 1.